The maximum Gasteiger partial charge on any atom is 0.244 e. The first-order valence-electron chi connectivity index (χ1n) is 9.29. The number of ether oxygens (including phenoxy) is 2. The largest absolute Gasteiger partial charge is 0.381 e. The zero-order valence-corrected chi connectivity index (χ0v) is 14.9. The number of rotatable bonds is 8. The summed E-state index contributed by atoms with van der Waals surface area (Å²) in [5.41, 5.74) is 0. The third-order valence-corrected chi connectivity index (χ3v) is 4.31. The number of hydrogen-bond acceptors (Lipinski definition) is 4. The van der Waals surface area contributed by atoms with E-state index in [1.54, 1.807) is 0 Å². The van der Waals surface area contributed by atoms with Crippen molar-refractivity contribution in [1.29, 1.82) is 0 Å². The highest BCUT2D eigenvalue weighted by molar-refractivity contribution is 5.85. The van der Waals surface area contributed by atoms with Gasteiger partial charge in [0.1, 0.15) is 6.54 Å². The van der Waals surface area contributed by atoms with E-state index in [4.69, 9.17) is 9.47 Å². The molecule has 7 nitrogen and oxygen atoms in total. The van der Waals surface area contributed by atoms with E-state index in [2.05, 4.69) is 15.6 Å². The molecule has 2 saturated heterocycles. The maximum atomic E-state index is 12.0. The van der Waals surface area contributed by atoms with Crippen molar-refractivity contribution in [2.24, 2.45) is 4.99 Å². The van der Waals surface area contributed by atoms with Gasteiger partial charge >= 0.3 is 0 Å². The molecule has 0 aromatic rings. The summed E-state index contributed by atoms with van der Waals surface area (Å²) >= 11 is 0. The van der Waals surface area contributed by atoms with Gasteiger partial charge < -0.3 is 25.0 Å². The van der Waals surface area contributed by atoms with Gasteiger partial charge in [-0.3, -0.25) is 4.79 Å². The van der Waals surface area contributed by atoms with Gasteiger partial charge in [0.25, 0.3) is 0 Å². The number of nitrogens with zero attached hydrogens (tertiary/aromatic N) is 2. The normalized spacial score (nSPS) is 19.5. The highest BCUT2D eigenvalue weighted by atomic mass is 16.5. The zero-order valence-electron chi connectivity index (χ0n) is 14.9. The van der Waals surface area contributed by atoms with Crippen LogP contribution in [-0.4, -0.2) is 75.4 Å². The lowest BCUT2D eigenvalue weighted by atomic mass is 10.1. The number of nitrogens with one attached hydrogen (secondary N) is 2. The molecule has 0 radical (unpaired) electrons. The Balaban J connectivity index is 1.60. The SMILES string of the molecule is CCNC(=NCC(=O)N1CCCC1)NCCCOC1CCOCC1. The van der Waals surface area contributed by atoms with Gasteiger partial charge in [-0.05, 0) is 39.0 Å². The van der Waals surface area contributed by atoms with Crippen molar-refractivity contribution >= 4 is 11.9 Å². The van der Waals surface area contributed by atoms with Gasteiger partial charge in [-0.2, -0.15) is 0 Å². The number of carbonyl (C=O) groups excluding carboxylic acids is 1. The van der Waals surface area contributed by atoms with Crippen LogP contribution in [0.5, 0.6) is 0 Å². The van der Waals surface area contributed by atoms with E-state index in [1.165, 1.54) is 0 Å². The lowest BCUT2D eigenvalue weighted by Gasteiger charge is -2.22. The van der Waals surface area contributed by atoms with Crippen molar-refractivity contribution in [3.63, 3.8) is 0 Å². The van der Waals surface area contributed by atoms with Crippen LogP contribution in [0.4, 0.5) is 0 Å². The average Bonchev–Trinajstić information content (AvgIpc) is 3.14. The minimum absolute atomic E-state index is 0.118. The maximum absolute atomic E-state index is 12.0. The van der Waals surface area contributed by atoms with E-state index < -0.39 is 0 Å². The Bertz CT molecular complexity index is 391. The highest BCUT2D eigenvalue weighted by Crippen LogP contribution is 2.10. The first kappa shape index (κ1) is 19.0. The van der Waals surface area contributed by atoms with Crippen molar-refractivity contribution in [2.75, 3.05) is 52.5 Å². The number of carbonyl (C=O) groups is 1. The number of likely N-dealkylation sites (tertiary alicyclic amines) is 1. The van der Waals surface area contributed by atoms with Crippen LogP contribution in [0.1, 0.15) is 39.0 Å². The summed E-state index contributed by atoms with van der Waals surface area (Å²) in [6.07, 6.45) is 5.48. The van der Waals surface area contributed by atoms with Gasteiger partial charge in [-0.15, -0.1) is 0 Å². The van der Waals surface area contributed by atoms with E-state index in [0.29, 0.717) is 12.1 Å². The van der Waals surface area contributed by atoms with Gasteiger partial charge in [0.2, 0.25) is 5.91 Å². The van der Waals surface area contributed by atoms with Gasteiger partial charge in [0.05, 0.1) is 6.10 Å². The molecule has 2 heterocycles. The second-order valence-electron chi connectivity index (χ2n) is 6.25. The highest BCUT2D eigenvalue weighted by Gasteiger charge is 2.17. The van der Waals surface area contributed by atoms with Crippen molar-refractivity contribution in [2.45, 2.75) is 45.1 Å². The van der Waals surface area contributed by atoms with Crippen LogP contribution >= 0.6 is 0 Å². The Hall–Kier alpha value is -1.34. The van der Waals surface area contributed by atoms with Crippen LogP contribution in [0, 0.1) is 0 Å². The Morgan fingerprint density at radius 3 is 2.71 bits per heavy atom. The minimum Gasteiger partial charge on any atom is -0.381 e. The molecule has 0 atom stereocenters. The molecule has 2 N–H and O–H groups in total. The van der Waals surface area contributed by atoms with E-state index in [1.807, 2.05) is 11.8 Å². The first-order chi connectivity index (χ1) is 11.8. The molecule has 2 rings (SSSR count). The molecule has 1 amide bonds. The standard InChI is InChI=1S/C17H32N4O3/c1-2-18-17(20-14-16(22)21-9-3-4-10-21)19-8-5-11-24-15-6-12-23-13-7-15/h15H,2-14H2,1H3,(H2,18,19,20). The molecule has 0 bridgehead atoms. The third kappa shape index (κ3) is 7.05. The van der Waals surface area contributed by atoms with Gasteiger partial charge in [0, 0.05) is 46.0 Å². The fourth-order valence-corrected chi connectivity index (χ4v) is 2.93. The number of amides is 1. The molecule has 138 valence electrons. The summed E-state index contributed by atoms with van der Waals surface area (Å²) in [7, 11) is 0. The Kier molecular flexibility index (Phi) is 8.91. The molecular weight excluding hydrogens is 308 g/mol. The number of aliphatic imine (C=N–C) groups is 1. The van der Waals surface area contributed by atoms with Crippen LogP contribution in [0.2, 0.25) is 0 Å². The molecule has 0 spiro atoms. The second-order valence-corrected chi connectivity index (χ2v) is 6.25. The lowest BCUT2D eigenvalue weighted by molar-refractivity contribution is -0.128. The molecular formula is C17H32N4O3. The Morgan fingerprint density at radius 1 is 1.25 bits per heavy atom. The summed E-state index contributed by atoms with van der Waals surface area (Å²) in [5, 5.41) is 6.45. The molecule has 2 fully saturated rings. The van der Waals surface area contributed by atoms with Gasteiger partial charge in [-0.1, -0.05) is 0 Å². The van der Waals surface area contributed by atoms with E-state index in [9.17, 15) is 4.79 Å². The molecule has 2 aliphatic heterocycles. The molecule has 7 heteroatoms. The van der Waals surface area contributed by atoms with E-state index >= 15 is 0 Å². The van der Waals surface area contributed by atoms with Crippen LogP contribution in [0.3, 0.4) is 0 Å². The number of guanidine groups is 1. The lowest BCUT2D eigenvalue weighted by Crippen LogP contribution is -2.39. The zero-order chi connectivity index (χ0) is 17.0. The molecule has 0 aliphatic carbocycles. The first-order valence-corrected chi connectivity index (χ1v) is 9.29. The minimum atomic E-state index is 0.118. The summed E-state index contributed by atoms with van der Waals surface area (Å²) in [4.78, 5) is 18.3. The molecule has 0 unspecified atom stereocenters. The van der Waals surface area contributed by atoms with E-state index in [0.717, 1.165) is 78.1 Å². The van der Waals surface area contributed by atoms with Crippen molar-refractivity contribution < 1.29 is 14.3 Å². The second kappa shape index (κ2) is 11.3. The van der Waals surface area contributed by atoms with Gasteiger partial charge in [-0.25, -0.2) is 4.99 Å². The summed E-state index contributed by atoms with van der Waals surface area (Å²) in [6, 6.07) is 0. The fourth-order valence-electron chi connectivity index (χ4n) is 2.93. The van der Waals surface area contributed by atoms with Crippen LogP contribution in [0.15, 0.2) is 4.99 Å². The predicted molar refractivity (Wildman–Crippen MR) is 94.2 cm³/mol. The fraction of sp³-hybridized carbons (Fsp3) is 0.882. The third-order valence-electron chi connectivity index (χ3n) is 4.31. The molecule has 2 aliphatic rings. The number of hydrogen-bond donors (Lipinski definition) is 2. The Labute approximate surface area is 145 Å². The Morgan fingerprint density at radius 2 is 2.00 bits per heavy atom. The topological polar surface area (TPSA) is 75.2 Å². The quantitative estimate of drug-likeness (QED) is 0.387. The van der Waals surface area contributed by atoms with Crippen LogP contribution in [-0.2, 0) is 14.3 Å². The monoisotopic (exact) mass is 340 g/mol. The van der Waals surface area contributed by atoms with Crippen molar-refractivity contribution in [1.82, 2.24) is 15.5 Å². The smallest absolute Gasteiger partial charge is 0.244 e. The van der Waals surface area contributed by atoms with E-state index in [-0.39, 0.29) is 12.5 Å². The summed E-state index contributed by atoms with van der Waals surface area (Å²) < 4.78 is 11.2. The summed E-state index contributed by atoms with van der Waals surface area (Å²) in [5.74, 6) is 0.823. The van der Waals surface area contributed by atoms with Crippen molar-refractivity contribution in [3.05, 3.63) is 0 Å². The summed E-state index contributed by atoms with van der Waals surface area (Å²) in [6.45, 7) is 7.92. The average molecular weight is 340 g/mol. The van der Waals surface area contributed by atoms with Crippen LogP contribution in [0.25, 0.3) is 0 Å². The molecule has 24 heavy (non-hydrogen) atoms. The van der Waals surface area contributed by atoms with Gasteiger partial charge in [0.15, 0.2) is 5.96 Å². The van der Waals surface area contributed by atoms with Crippen molar-refractivity contribution in [3.8, 4) is 0 Å². The molecule has 0 aromatic carbocycles. The predicted octanol–water partition coefficient (Wildman–Crippen LogP) is 0.750. The molecule has 0 aromatic heterocycles. The molecule has 0 saturated carbocycles. The van der Waals surface area contributed by atoms with Crippen LogP contribution < -0.4 is 10.6 Å².